The molecule has 0 aliphatic rings. The van der Waals surface area contributed by atoms with Crippen LogP contribution in [-0.4, -0.2) is 11.5 Å². The quantitative estimate of drug-likeness (QED) is 0.715. The molecule has 2 aromatic heterocycles. The number of fused-ring (bicyclic) bond motifs is 1. The van der Waals surface area contributed by atoms with Crippen molar-refractivity contribution in [2.45, 2.75) is 13.0 Å². The fourth-order valence-electron chi connectivity index (χ4n) is 2.17. The summed E-state index contributed by atoms with van der Waals surface area (Å²) < 4.78 is 1.37. The van der Waals surface area contributed by atoms with Gasteiger partial charge in [-0.15, -0.1) is 11.3 Å². The van der Waals surface area contributed by atoms with E-state index in [0.29, 0.717) is 0 Å². The van der Waals surface area contributed by atoms with Gasteiger partial charge in [-0.2, -0.15) is 0 Å². The number of thiophene rings is 1. The zero-order valence-electron chi connectivity index (χ0n) is 10.7. The van der Waals surface area contributed by atoms with Crippen molar-refractivity contribution in [3.8, 4) is 0 Å². The fourth-order valence-corrected chi connectivity index (χ4v) is 3.14. The zero-order valence-corrected chi connectivity index (χ0v) is 11.5. The van der Waals surface area contributed by atoms with Crippen molar-refractivity contribution in [1.82, 2.24) is 10.3 Å². The lowest BCUT2D eigenvalue weighted by Crippen LogP contribution is -2.16. The monoisotopic (exact) mass is 268 g/mol. The fraction of sp³-hybridized carbons (Fsp3) is 0.188. The molecule has 3 aromatic rings. The van der Waals surface area contributed by atoms with Gasteiger partial charge in [0, 0.05) is 23.6 Å². The van der Waals surface area contributed by atoms with Crippen LogP contribution in [0.3, 0.4) is 0 Å². The van der Waals surface area contributed by atoms with E-state index in [1.807, 2.05) is 23.7 Å². The first-order chi connectivity index (χ1) is 9.43. The van der Waals surface area contributed by atoms with Gasteiger partial charge in [-0.05, 0) is 53.1 Å². The summed E-state index contributed by atoms with van der Waals surface area (Å²) in [5.74, 6) is 0. The Hall–Kier alpha value is -1.71. The predicted molar refractivity (Wildman–Crippen MR) is 81.5 cm³/mol. The van der Waals surface area contributed by atoms with Gasteiger partial charge in [0.25, 0.3) is 0 Å². The average molecular weight is 268 g/mol. The smallest absolute Gasteiger partial charge is 0.0346 e. The summed E-state index contributed by atoms with van der Waals surface area (Å²) in [5, 5.41) is 7.15. The van der Waals surface area contributed by atoms with E-state index in [1.165, 1.54) is 21.2 Å². The molecule has 96 valence electrons. The van der Waals surface area contributed by atoms with E-state index in [2.05, 4.69) is 52.1 Å². The van der Waals surface area contributed by atoms with Crippen LogP contribution in [0.4, 0.5) is 0 Å². The highest BCUT2D eigenvalue weighted by Crippen LogP contribution is 2.25. The van der Waals surface area contributed by atoms with E-state index in [9.17, 15) is 0 Å². The molecule has 2 heterocycles. The third-order valence-corrected chi connectivity index (χ3v) is 4.23. The Morgan fingerprint density at radius 2 is 1.89 bits per heavy atom. The summed E-state index contributed by atoms with van der Waals surface area (Å²) in [7, 11) is 0. The van der Waals surface area contributed by atoms with Crippen LogP contribution in [0.25, 0.3) is 10.1 Å². The number of hydrogen-bond acceptors (Lipinski definition) is 3. The van der Waals surface area contributed by atoms with Crippen LogP contribution in [0, 0.1) is 0 Å². The van der Waals surface area contributed by atoms with Crippen molar-refractivity contribution in [3.05, 3.63) is 65.3 Å². The predicted octanol–water partition coefficient (Wildman–Crippen LogP) is 3.63. The van der Waals surface area contributed by atoms with E-state index in [-0.39, 0.29) is 0 Å². The van der Waals surface area contributed by atoms with Gasteiger partial charge < -0.3 is 5.32 Å². The third kappa shape index (κ3) is 3.00. The topological polar surface area (TPSA) is 24.9 Å². The Bertz CT molecular complexity index is 646. The molecule has 1 N–H and O–H groups in total. The Kier molecular flexibility index (Phi) is 3.86. The molecule has 0 bridgehead atoms. The van der Waals surface area contributed by atoms with Crippen molar-refractivity contribution in [1.29, 1.82) is 0 Å². The van der Waals surface area contributed by atoms with E-state index >= 15 is 0 Å². The lowest BCUT2D eigenvalue weighted by atomic mass is 10.1. The Morgan fingerprint density at radius 1 is 1.05 bits per heavy atom. The Morgan fingerprint density at radius 3 is 2.79 bits per heavy atom. The summed E-state index contributed by atoms with van der Waals surface area (Å²) in [4.78, 5) is 4.03. The summed E-state index contributed by atoms with van der Waals surface area (Å²) in [6.45, 7) is 1.93. The van der Waals surface area contributed by atoms with Crippen LogP contribution in [0.1, 0.15) is 11.1 Å². The third-order valence-electron chi connectivity index (χ3n) is 3.22. The molecule has 0 radical (unpaired) electrons. The molecule has 0 unspecified atom stereocenters. The molecular formula is C16H16N2S. The Balaban J connectivity index is 1.55. The molecule has 3 rings (SSSR count). The molecule has 2 nitrogen and oxygen atoms in total. The van der Waals surface area contributed by atoms with Gasteiger partial charge in [0.1, 0.15) is 0 Å². The second-order valence-corrected chi connectivity index (χ2v) is 5.45. The molecule has 0 atom stereocenters. The molecule has 0 amide bonds. The normalized spacial score (nSPS) is 10.9. The first-order valence-electron chi connectivity index (χ1n) is 6.48. The van der Waals surface area contributed by atoms with Crippen LogP contribution in [-0.2, 0) is 13.0 Å². The minimum Gasteiger partial charge on any atom is -0.312 e. The molecular weight excluding hydrogens is 252 g/mol. The van der Waals surface area contributed by atoms with Crippen molar-refractivity contribution in [2.24, 2.45) is 0 Å². The number of rotatable bonds is 5. The van der Waals surface area contributed by atoms with Crippen LogP contribution >= 0.6 is 11.3 Å². The van der Waals surface area contributed by atoms with Crippen LogP contribution < -0.4 is 5.32 Å². The van der Waals surface area contributed by atoms with Gasteiger partial charge in [0.2, 0.25) is 0 Å². The van der Waals surface area contributed by atoms with Crippen molar-refractivity contribution in [2.75, 3.05) is 6.54 Å². The number of pyridine rings is 1. The second kappa shape index (κ2) is 5.95. The summed E-state index contributed by atoms with van der Waals surface area (Å²) in [5.41, 5.74) is 2.73. The molecule has 0 saturated heterocycles. The maximum absolute atomic E-state index is 4.03. The number of hydrogen-bond donors (Lipinski definition) is 1. The standard InChI is InChI=1S/C16H16N2S/c1-2-4-16-15(3-1)14(12-19-16)11-18-10-7-13-5-8-17-9-6-13/h1-6,8-9,12,18H,7,10-11H2. The molecule has 0 spiro atoms. The van der Waals surface area contributed by atoms with Gasteiger partial charge in [-0.3, -0.25) is 4.98 Å². The van der Waals surface area contributed by atoms with Crippen molar-refractivity contribution in [3.63, 3.8) is 0 Å². The number of benzene rings is 1. The molecule has 0 fully saturated rings. The van der Waals surface area contributed by atoms with Crippen LogP contribution in [0.5, 0.6) is 0 Å². The number of nitrogens with one attached hydrogen (secondary N) is 1. The number of aromatic nitrogens is 1. The highest BCUT2D eigenvalue weighted by Gasteiger charge is 2.02. The van der Waals surface area contributed by atoms with Crippen molar-refractivity contribution >= 4 is 21.4 Å². The minimum absolute atomic E-state index is 0.940. The highest BCUT2D eigenvalue weighted by molar-refractivity contribution is 7.17. The largest absolute Gasteiger partial charge is 0.312 e. The van der Waals surface area contributed by atoms with E-state index in [1.54, 1.807) is 0 Å². The highest BCUT2D eigenvalue weighted by atomic mass is 32.1. The maximum atomic E-state index is 4.03. The second-order valence-electron chi connectivity index (χ2n) is 4.54. The molecule has 0 aliphatic heterocycles. The summed E-state index contributed by atoms with van der Waals surface area (Å²) >= 11 is 1.82. The van der Waals surface area contributed by atoms with Gasteiger partial charge in [-0.1, -0.05) is 18.2 Å². The first kappa shape index (κ1) is 12.3. The van der Waals surface area contributed by atoms with Crippen LogP contribution in [0.2, 0.25) is 0 Å². The maximum Gasteiger partial charge on any atom is 0.0346 e. The lowest BCUT2D eigenvalue weighted by Gasteiger charge is -2.04. The first-order valence-corrected chi connectivity index (χ1v) is 7.36. The average Bonchev–Trinajstić information content (AvgIpc) is 2.88. The van der Waals surface area contributed by atoms with E-state index < -0.39 is 0 Å². The minimum atomic E-state index is 0.940. The molecule has 19 heavy (non-hydrogen) atoms. The van der Waals surface area contributed by atoms with Crippen molar-refractivity contribution < 1.29 is 0 Å². The molecule has 0 saturated carbocycles. The van der Waals surface area contributed by atoms with Gasteiger partial charge in [0.05, 0.1) is 0 Å². The summed E-state index contributed by atoms with van der Waals surface area (Å²) in [6.07, 6.45) is 4.74. The lowest BCUT2D eigenvalue weighted by molar-refractivity contribution is 0.690. The molecule has 0 aliphatic carbocycles. The van der Waals surface area contributed by atoms with Gasteiger partial charge >= 0.3 is 0 Å². The molecule has 1 aromatic carbocycles. The zero-order chi connectivity index (χ0) is 12.9. The van der Waals surface area contributed by atoms with Crippen LogP contribution in [0.15, 0.2) is 54.2 Å². The summed E-state index contributed by atoms with van der Waals surface area (Å²) in [6, 6.07) is 12.7. The number of nitrogens with zero attached hydrogens (tertiary/aromatic N) is 1. The molecule has 3 heteroatoms. The SMILES string of the molecule is c1ccc2c(CNCCc3ccncc3)csc2c1. The Labute approximate surface area is 117 Å². The van der Waals surface area contributed by atoms with E-state index in [0.717, 1.165) is 19.5 Å². The van der Waals surface area contributed by atoms with E-state index in [4.69, 9.17) is 0 Å². The van der Waals surface area contributed by atoms with Gasteiger partial charge in [0.15, 0.2) is 0 Å². The van der Waals surface area contributed by atoms with Gasteiger partial charge in [-0.25, -0.2) is 0 Å².